The van der Waals surface area contributed by atoms with E-state index in [0.717, 1.165) is 49.9 Å². The summed E-state index contributed by atoms with van der Waals surface area (Å²) in [5.74, 6) is 1.78. The lowest BCUT2D eigenvalue weighted by atomic mass is 10.1. The molecule has 0 saturated carbocycles. The maximum Gasteiger partial charge on any atom is 0.228 e. The van der Waals surface area contributed by atoms with E-state index in [9.17, 15) is 4.79 Å². The van der Waals surface area contributed by atoms with E-state index in [1.54, 1.807) is 0 Å². The number of para-hydroxylation sites is 2. The summed E-state index contributed by atoms with van der Waals surface area (Å²) < 4.78 is 5.87. The van der Waals surface area contributed by atoms with Gasteiger partial charge in [0.1, 0.15) is 11.5 Å². The Kier molecular flexibility index (Phi) is 5.59. The third-order valence-electron chi connectivity index (χ3n) is 6.18. The number of nitrogens with zero attached hydrogens (tertiary/aromatic N) is 3. The monoisotopic (exact) mass is 413 g/mol. The first-order valence-corrected chi connectivity index (χ1v) is 10.9. The quantitative estimate of drug-likeness (QED) is 0.621. The largest absolute Gasteiger partial charge is 0.457 e. The first kappa shape index (κ1) is 19.6. The average Bonchev–Trinajstić information content (AvgIpc) is 3.22. The van der Waals surface area contributed by atoms with Crippen LogP contribution in [0.1, 0.15) is 6.42 Å². The van der Waals surface area contributed by atoms with Crippen LogP contribution in [0.4, 0.5) is 11.4 Å². The third kappa shape index (κ3) is 4.42. The molecule has 1 amide bonds. The summed E-state index contributed by atoms with van der Waals surface area (Å²) in [6, 6.07) is 28.4. The normalized spacial score (nSPS) is 19.6. The summed E-state index contributed by atoms with van der Waals surface area (Å²) in [5, 5.41) is 0. The van der Waals surface area contributed by atoms with Gasteiger partial charge < -0.3 is 14.5 Å². The minimum atomic E-state index is 0.201. The second-order valence-electron chi connectivity index (χ2n) is 8.13. The molecule has 3 aromatic carbocycles. The van der Waals surface area contributed by atoms with Crippen molar-refractivity contribution in [2.24, 2.45) is 0 Å². The van der Waals surface area contributed by atoms with Gasteiger partial charge in [-0.25, -0.2) is 0 Å². The number of hydrogen-bond acceptors (Lipinski definition) is 4. The molecule has 2 aliphatic heterocycles. The Morgan fingerprint density at radius 1 is 0.677 bits per heavy atom. The van der Waals surface area contributed by atoms with Crippen LogP contribution in [0.2, 0.25) is 0 Å². The standard InChI is InChI=1S/C26H27N3O2/c30-26-19-23(28-17-15-27(16-18-28)21-7-3-1-4-8-21)20-29(26)22-11-13-25(14-12-22)31-24-9-5-2-6-10-24/h1-14,23H,15-20H2/t23-/m0/s1. The predicted molar refractivity (Wildman–Crippen MR) is 124 cm³/mol. The van der Waals surface area contributed by atoms with E-state index in [2.05, 4.69) is 40.1 Å². The minimum Gasteiger partial charge on any atom is -0.457 e. The van der Waals surface area contributed by atoms with Gasteiger partial charge in [-0.1, -0.05) is 36.4 Å². The van der Waals surface area contributed by atoms with Crippen LogP contribution in [0.25, 0.3) is 0 Å². The maximum atomic E-state index is 12.7. The Bertz CT molecular complexity index is 1000. The highest BCUT2D eigenvalue weighted by Crippen LogP contribution is 2.29. The second-order valence-corrected chi connectivity index (χ2v) is 8.13. The zero-order valence-electron chi connectivity index (χ0n) is 17.6. The molecule has 0 aromatic heterocycles. The van der Waals surface area contributed by atoms with Crippen LogP contribution in [0.15, 0.2) is 84.9 Å². The number of carbonyl (C=O) groups excluding carboxylic acids is 1. The summed E-state index contributed by atoms with van der Waals surface area (Å²) in [4.78, 5) is 19.6. The number of ether oxygens (including phenoxy) is 1. The first-order chi connectivity index (χ1) is 15.3. The Morgan fingerprint density at radius 2 is 1.29 bits per heavy atom. The van der Waals surface area contributed by atoms with Crippen LogP contribution in [0.5, 0.6) is 11.5 Å². The number of amides is 1. The number of anilines is 2. The fourth-order valence-electron chi connectivity index (χ4n) is 4.49. The molecule has 0 unspecified atom stereocenters. The molecule has 2 heterocycles. The van der Waals surface area contributed by atoms with Gasteiger partial charge in [0.15, 0.2) is 0 Å². The number of rotatable bonds is 5. The highest BCUT2D eigenvalue weighted by Gasteiger charge is 2.35. The van der Waals surface area contributed by atoms with Crippen molar-refractivity contribution in [2.75, 3.05) is 42.5 Å². The van der Waals surface area contributed by atoms with E-state index in [0.29, 0.717) is 6.42 Å². The molecular formula is C26H27N3O2. The lowest BCUT2D eigenvalue weighted by Crippen LogP contribution is -2.51. The molecule has 5 nitrogen and oxygen atoms in total. The van der Waals surface area contributed by atoms with Gasteiger partial charge in [-0.2, -0.15) is 0 Å². The van der Waals surface area contributed by atoms with Crippen LogP contribution in [0, 0.1) is 0 Å². The fraction of sp³-hybridized carbons (Fsp3) is 0.269. The van der Waals surface area contributed by atoms with E-state index in [1.165, 1.54) is 5.69 Å². The van der Waals surface area contributed by atoms with E-state index < -0.39 is 0 Å². The summed E-state index contributed by atoms with van der Waals surface area (Å²) in [7, 11) is 0. The summed E-state index contributed by atoms with van der Waals surface area (Å²) >= 11 is 0. The molecule has 5 heteroatoms. The Morgan fingerprint density at radius 3 is 1.97 bits per heavy atom. The van der Waals surface area contributed by atoms with Gasteiger partial charge in [0.25, 0.3) is 0 Å². The van der Waals surface area contributed by atoms with Crippen molar-refractivity contribution in [2.45, 2.75) is 12.5 Å². The van der Waals surface area contributed by atoms with E-state index in [1.807, 2.05) is 59.5 Å². The fourth-order valence-corrected chi connectivity index (χ4v) is 4.49. The summed E-state index contributed by atoms with van der Waals surface area (Å²) in [5.41, 5.74) is 2.22. The SMILES string of the molecule is O=C1C[C@H](N2CCN(c3ccccc3)CC2)CN1c1ccc(Oc2ccccc2)cc1. The smallest absolute Gasteiger partial charge is 0.228 e. The lowest BCUT2D eigenvalue weighted by molar-refractivity contribution is -0.117. The first-order valence-electron chi connectivity index (χ1n) is 10.9. The number of piperazine rings is 1. The highest BCUT2D eigenvalue weighted by molar-refractivity contribution is 5.96. The van der Waals surface area contributed by atoms with E-state index in [4.69, 9.17) is 4.74 Å². The summed E-state index contributed by atoms with van der Waals surface area (Å²) in [6.45, 7) is 4.73. The van der Waals surface area contributed by atoms with Crippen molar-refractivity contribution in [3.8, 4) is 11.5 Å². The molecule has 0 aliphatic carbocycles. The van der Waals surface area contributed by atoms with Crippen LogP contribution in [-0.2, 0) is 4.79 Å². The number of carbonyl (C=O) groups is 1. The van der Waals surface area contributed by atoms with Gasteiger partial charge in [0.05, 0.1) is 0 Å². The van der Waals surface area contributed by atoms with E-state index in [-0.39, 0.29) is 11.9 Å². The zero-order valence-corrected chi connectivity index (χ0v) is 17.6. The van der Waals surface area contributed by atoms with Crippen LogP contribution < -0.4 is 14.5 Å². The molecule has 158 valence electrons. The van der Waals surface area contributed by atoms with Gasteiger partial charge in [-0.05, 0) is 48.5 Å². The van der Waals surface area contributed by atoms with E-state index >= 15 is 0 Å². The van der Waals surface area contributed by atoms with Crippen LogP contribution in [0.3, 0.4) is 0 Å². The topological polar surface area (TPSA) is 36.0 Å². The molecule has 2 saturated heterocycles. The van der Waals surface area contributed by atoms with Gasteiger partial charge in [-0.3, -0.25) is 9.69 Å². The third-order valence-corrected chi connectivity index (χ3v) is 6.18. The van der Waals surface area contributed by atoms with Crippen LogP contribution in [-0.4, -0.2) is 49.6 Å². The predicted octanol–water partition coefficient (Wildman–Crippen LogP) is 4.41. The Balaban J connectivity index is 1.19. The van der Waals surface area contributed by atoms with Gasteiger partial charge in [-0.15, -0.1) is 0 Å². The zero-order chi connectivity index (χ0) is 21.0. The molecular weight excluding hydrogens is 386 g/mol. The Labute approximate surface area is 183 Å². The molecule has 0 spiro atoms. The molecule has 2 fully saturated rings. The molecule has 5 rings (SSSR count). The molecule has 31 heavy (non-hydrogen) atoms. The van der Waals surface area contributed by atoms with Crippen molar-refractivity contribution in [1.29, 1.82) is 0 Å². The number of hydrogen-bond donors (Lipinski definition) is 0. The molecule has 1 atom stereocenters. The number of benzene rings is 3. The van der Waals surface area contributed by atoms with Crippen molar-refractivity contribution < 1.29 is 9.53 Å². The maximum absolute atomic E-state index is 12.7. The van der Waals surface area contributed by atoms with Crippen molar-refractivity contribution in [3.05, 3.63) is 84.9 Å². The van der Waals surface area contributed by atoms with Gasteiger partial charge in [0, 0.05) is 56.6 Å². The van der Waals surface area contributed by atoms with Gasteiger partial charge >= 0.3 is 0 Å². The molecule has 0 radical (unpaired) electrons. The lowest BCUT2D eigenvalue weighted by Gasteiger charge is -2.38. The van der Waals surface area contributed by atoms with Crippen molar-refractivity contribution in [1.82, 2.24) is 4.90 Å². The Hall–Kier alpha value is -3.31. The van der Waals surface area contributed by atoms with Crippen molar-refractivity contribution >= 4 is 17.3 Å². The highest BCUT2D eigenvalue weighted by atomic mass is 16.5. The van der Waals surface area contributed by atoms with Crippen molar-refractivity contribution in [3.63, 3.8) is 0 Å². The molecule has 0 N–H and O–H groups in total. The molecule has 2 aliphatic rings. The van der Waals surface area contributed by atoms with Gasteiger partial charge in [0.2, 0.25) is 5.91 Å². The average molecular weight is 414 g/mol. The van der Waals surface area contributed by atoms with Crippen LogP contribution >= 0.6 is 0 Å². The second kappa shape index (κ2) is 8.82. The molecule has 0 bridgehead atoms. The summed E-state index contributed by atoms with van der Waals surface area (Å²) in [6.07, 6.45) is 0.591. The minimum absolute atomic E-state index is 0.201. The molecule has 3 aromatic rings.